The van der Waals surface area contributed by atoms with Crippen LogP contribution in [0.25, 0.3) is 11.1 Å². The first-order valence-corrected chi connectivity index (χ1v) is 12.9. The standard InChI is InChI=1S/C28H35F4NO.O2S/c1-5-27(29,6-2)17-23(24(34)18-26(4)15-16-26)33-25(28(30,31)32)22-13-11-21(12-14-22)20-9-7-19(3)8-10-20;1-3-2/h7-14,23,25,33H,5-6,15-18H2,1-4H3;/t23-,25-;/m0./s1/i1D;/t23-,25-,27?;. The van der Waals surface area contributed by atoms with E-state index in [-0.39, 0.29) is 43.6 Å². The van der Waals surface area contributed by atoms with E-state index in [2.05, 4.69) is 5.32 Å². The summed E-state index contributed by atoms with van der Waals surface area (Å²) in [5.74, 6) is -0.393. The van der Waals surface area contributed by atoms with Gasteiger partial charge in [-0.2, -0.15) is 21.6 Å². The van der Waals surface area contributed by atoms with E-state index in [4.69, 9.17) is 9.79 Å². The van der Waals surface area contributed by atoms with Crippen LogP contribution in [-0.2, 0) is 16.4 Å². The third-order valence-corrected chi connectivity index (χ3v) is 7.07. The quantitative estimate of drug-likeness (QED) is 0.304. The van der Waals surface area contributed by atoms with E-state index in [1.165, 1.54) is 12.1 Å². The Morgan fingerprint density at radius 1 is 1.03 bits per heavy atom. The Kier molecular flexibility index (Phi) is 10.2. The molecule has 0 aromatic heterocycles. The first-order valence-electron chi connectivity index (χ1n) is 12.9. The van der Waals surface area contributed by atoms with Gasteiger partial charge in [0.1, 0.15) is 17.5 Å². The van der Waals surface area contributed by atoms with Gasteiger partial charge >= 0.3 is 17.7 Å². The Hall–Kier alpha value is -2.39. The summed E-state index contributed by atoms with van der Waals surface area (Å²) in [6.07, 6.45) is -3.31. The second-order valence-electron chi connectivity index (χ2n) is 10.2. The van der Waals surface area contributed by atoms with Gasteiger partial charge in [0, 0.05) is 14.2 Å². The molecule has 1 aliphatic carbocycles. The van der Waals surface area contributed by atoms with Crippen LogP contribution in [0.5, 0.6) is 0 Å². The summed E-state index contributed by atoms with van der Waals surface area (Å²) in [7, 11) is 0. The molecular formula is C28H35F4NO3S. The SMILES string of the molecule is O=S=O.[2H]CCC(F)(CC)C[C@H](N[C@@H](c1ccc(-c2ccc(C)cc2)cc1)C(F)(F)F)C(=O)CC1(C)CC1. The van der Waals surface area contributed by atoms with Gasteiger partial charge in [-0.25, -0.2) is 4.39 Å². The van der Waals surface area contributed by atoms with E-state index in [1.807, 2.05) is 38.1 Å². The number of rotatable bonds is 11. The Morgan fingerprint density at radius 3 is 1.97 bits per heavy atom. The number of alkyl halides is 4. The van der Waals surface area contributed by atoms with Gasteiger partial charge in [0.15, 0.2) is 0 Å². The van der Waals surface area contributed by atoms with Crippen molar-refractivity contribution in [2.45, 2.75) is 90.1 Å². The third-order valence-electron chi connectivity index (χ3n) is 7.07. The lowest BCUT2D eigenvalue weighted by atomic mass is 9.86. The van der Waals surface area contributed by atoms with Gasteiger partial charge in [0.2, 0.25) is 0 Å². The zero-order valence-corrected chi connectivity index (χ0v) is 22.2. The summed E-state index contributed by atoms with van der Waals surface area (Å²) < 4.78 is 82.0. The van der Waals surface area contributed by atoms with Crippen molar-refractivity contribution in [3.05, 3.63) is 59.7 Å². The minimum atomic E-state index is -4.67. The summed E-state index contributed by atoms with van der Waals surface area (Å²) in [6, 6.07) is 10.4. The van der Waals surface area contributed by atoms with Gasteiger partial charge in [-0.05, 0) is 54.7 Å². The van der Waals surface area contributed by atoms with Crippen molar-refractivity contribution in [1.82, 2.24) is 5.32 Å². The van der Waals surface area contributed by atoms with Gasteiger partial charge in [0.25, 0.3) is 0 Å². The highest BCUT2D eigenvalue weighted by atomic mass is 32.1. The molecule has 204 valence electrons. The molecule has 1 N–H and O–H groups in total. The van der Waals surface area contributed by atoms with Crippen molar-refractivity contribution in [3.63, 3.8) is 0 Å². The molecule has 0 radical (unpaired) electrons. The van der Waals surface area contributed by atoms with Crippen LogP contribution in [-0.4, -0.2) is 32.1 Å². The molecule has 4 nitrogen and oxygen atoms in total. The molecule has 0 aliphatic heterocycles. The molecule has 0 heterocycles. The van der Waals surface area contributed by atoms with Crippen molar-refractivity contribution in [1.29, 1.82) is 0 Å². The van der Waals surface area contributed by atoms with Crippen LogP contribution < -0.4 is 5.32 Å². The highest BCUT2D eigenvalue weighted by Gasteiger charge is 2.46. The van der Waals surface area contributed by atoms with E-state index < -0.39 is 41.3 Å². The summed E-state index contributed by atoms with van der Waals surface area (Å²) in [4.78, 5) is 13.1. The lowest BCUT2D eigenvalue weighted by Crippen LogP contribution is -2.48. The first-order chi connectivity index (χ1) is 17.8. The third kappa shape index (κ3) is 9.14. The van der Waals surface area contributed by atoms with Crippen molar-refractivity contribution >= 4 is 17.4 Å². The van der Waals surface area contributed by atoms with E-state index >= 15 is 4.39 Å². The zero-order chi connectivity index (χ0) is 28.6. The van der Waals surface area contributed by atoms with E-state index in [9.17, 15) is 18.0 Å². The molecule has 0 saturated heterocycles. The predicted molar refractivity (Wildman–Crippen MR) is 137 cm³/mol. The molecule has 0 amide bonds. The second-order valence-corrected chi connectivity index (χ2v) is 10.3. The Labute approximate surface area is 221 Å². The van der Waals surface area contributed by atoms with Crippen LogP contribution in [0.3, 0.4) is 0 Å². The fourth-order valence-corrected chi connectivity index (χ4v) is 4.18. The maximum absolute atomic E-state index is 15.4. The molecule has 3 atom stereocenters. The van der Waals surface area contributed by atoms with Gasteiger partial charge in [-0.1, -0.05) is 74.8 Å². The summed E-state index contributed by atoms with van der Waals surface area (Å²) in [5, 5.41) is 2.50. The van der Waals surface area contributed by atoms with Crippen LogP contribution in [0.2, 0.25) is 0 Å². The second kappa shape index (κ2) is 12.9. The fraction of sp³-hybridized carbons (Fsp3) is 0.536. The molecule has 2 aromatic carbocycles. The average Bonchev–Trinajstić information content (AvgIpc) is 3.58. The van der Waals surface area contributed by atoms with Crippen LogP contribution in [0, 0.1) is 12.3 Å². The number of hydrogen-bond donors (Lipinski definition) is 1. The van der Waals surface area contributed by atoms with E-state index in [1.54, 1.807) is 19.1 Å². The lowest BCUT2D eigenvalue weighted by Gasteiger charge is -2.32. The molecule has 0 bridgehead atoms. The van der Waals surface area contributed by atoms with Crippen LogP contribution in [0.15, 0.2) is 48.5 Å². The molecule has 37 heavy (non-hydrogen) atoms. The highest BCUT2D eigenvalue weighted by Crippen LogP contribution is 2.49. The highest BCUT2D eigenvalue weighted by molar-refractivity contribution is 7.51. The number of aryl methyl sites for hydroxylation is 1. The van der Waals surface area contributed by atoms with Crippen LogP contribution in [0.4, 0.5) is 17.6 Å². The van der Waals surface area contributed by atoms with Crippen molar-refractivity contribution < 1.29 is 32.1 Å². The van der Waals surface area contributed by atoms with Crippen LogP contribution in [0.1, 0.15) is 77.8 Å². The maximum atomic E-state index is 15.4. The first kappa shape index (κ1) is 29.2. The number of benzene rings is 2. The average molecular weight is 543 g/mol. The summed E-state index contributed by atoms with van der Waals surface area (Å²) in [5.41, 5.74) is 0.665. The molecule has 1 fully saturated rings. The maximum Gasteiger partial charge on any atom is 0.407 e. The molecule has 9 heteroatoms. The van der Waals surface area contributed by atoms with Crippen molar-refractivity contribution in [2.24, 2.45) is 5.41 Å². The van der Waals surface area contributed by atoms with Crippen molar-refractivity contribution in [3.8, 4) is 11.1 Å². The number of nitrogens with one attached hydrogen (secondary N) is 1. The Bertz CT molecular complexity index is 1080. The Morgan fingerprint density at radius 2 is 1.54 bits per heavy atom. The van der Waals surface area contributed by atoms with Gasteiger partial charge in [0.05, 0.1) is 6.04 Å². The molecule has 1 unspecified atom stereocenters. The molecule has 2 aromatic rings. The minimum Gasteiger partial charge on any atom is -0.298 e. The fourth-order valence-electron chi connectivity index (χ4n) is 4.18. The molecule has 3 rings (SSSR count). The normalized spacial score (nSPS) is 17.9. The topological polar surface area (TPSA) is 63.2 Å². The number of hydrogen-bond acceptors (Lipinski definition) is 4. The summed E-state index contributed by atoms with van der Waals surface area (Å²) >= 11 is -0.750. The number of halogens is 4. The van der Waals surface area contributed by atoms with Gasteiger partial charge in [-0.3, -0.25) is 10.1 Å². The number of Topliss-reactive ketones (excluding diaryl/α,β-unsaturated/α-hetero) is 1. The number of carbonyl (C=O) groups is 1. The van der Waals surface area contributed by atoms with Crippen LogP contribution >= 0.6 is 0 Å². The smallest absolute Gasteiger partial charge is 0.298 e. The van der Waals surface area contributed by atoms with Gasteiger partial charge < -0.3 is 0 Å². The van der Waals surface area contributed by atoms with E-state index in [0.29, 0.717) is 0 Å². The molecule has 0 spiro atoms. The largest absolute Gasteiger partial charge is 0.407 e. The zero-order valence-electron chi connectivity index (χ0n) is 22.4. The monoisotopic (exact) mass is 542 g/mol. The van der Waals surface area contributed by atoms with E-state index in [0.717, 1.165) is 29.5 Å². The number of carbonyl (C=O) groups excluding carboxylic acids is 1. The minimum absolute atomic E-state index is 0.0229. The summed E-state index contributed by atoms with van der Waals surface area (Å²) in [6.45, 7) is 5.30. The number of ketones is 1. The predicted octanol–water partition coefficient (Wildman–Crippen LogP) is 7.23. The molecule has 1 saturated carbocycles. The Balaban J connectivity index is 0.00000161. The molecular weight excluding hydrogens is 506 g/mol. The lowest BCUT2D eigenvalue weighted by molar-refractivity contribution is -0.161. The molecule has 1 aliphatic rings. The van der Waals surface area contributed by atoms with Gasteiger partial charge in [-0.15, -0.1) is 0 Å². The van der Waals surface area contributed by atoms with Crippen molar-refractivity contribution in [2.75, 3.05) is 0 Å².